The quantitative estimate of drug-likeness (QED) is 0.852. The zero-order valence-electron chi connectivity index (χ0n) is 9.59. The van der Waals surface area contributed by atoms with E-state index in [2.05, 4.69) is 27.2 Å². The zero-order chi connectivity index (χ0) is 11.9. The van der Waals surface area contributed by atoms with E-state index in [9.17, 15) is 0 Å². The molecule has 0 saturated heterocycles. The summed E-state index contributed by atoms with van der Waals surface area (Å²) in [7, 11) is 0. The minimum Gasteiger partial charge on any atom is -0.478 e. The van der Waals surface area contributed by atoms with Gasteiger partial charge in [-0.1, -0.05) is 6.92 Å². The Labute approximate surface area is 104 Å². The van der Waals surface area contributed by atoms with Crippen molar-refractivity contribution in [3.05, 3.63) is 28.8 Å². The number of ether oxygens (including phenoxy) is 1. The molecule has 2 aromatic heterocycles. The molecule has 2 heterocycles. The molecule has 1 N–H and O–H groups in total. The summed E-state index contributed by atoms with van der Waals surface area (Å²) in [5.74, 6) is 1.18. The van der Waals surface area contributed by atoms with E-state index in [4.69, 9.17) is 4.74 Å². The van der Waals surface area contributed by atoms with E-state index in [1.165, 1.54) is 0 Å². The number of rotatable bonds is 6. The largest absolute Gasteiger partial charge is 0.478 e. The fourth-order valence-electron chi connectivity index (χ4n) is 1.21. The van der Waals surface area contributed by atoms with Gasteiger partial charge in [-0.15, -0.1) is 11.3 Å². The molecule has 0 aliphatic rings. The van der Waals surface area contributed by atoms with E-state index >= 15 is 0 Å². The summed E-state index contributed by atoms with van der Waals surface area (Å²) in [5, 5.41) is 3.13. The molecule has 5 nitrogen and oxygen atoms in total. The third-order valence-corrected chi connectivity index (χ3v) is 2.77. The monoisotopic (exact) mass is 250 g/mol. The molecule has 0 spiro atoms. The first-order valence-electron chi connectivity index (χ1n) is 5.45. The second-order valence-corrected chi connectivity index (χ2v) is 4.36. The Kier molecular flexibility index (Phi) is 4.26. The SMILES string of the molecule is CCCOc1ccnc(NCc2cncs2)n1. The predicted octanol–water partition coefficient (Wildman–Crippen LogP) is 2.33. The van der Waals surface area contributed by atoms with Crippen LogP contribution in [0.3, 0.4) is 0 Å². The number of hydrogen-bond donors (Lipinski definition) is 1. The molecule has 6 heteroatoms. The lowest BCUT2D eigenvalue weighted by molar-refractivity contribution is 0.305. The molecular weight excluding hydrogens is 236 g/mol. The minimum absolute atomic E-state index is 0.576. The van der Waals surface area contributed by atoms with Crippen molar-refractivity contribution in [2.45, 2.75) is 19.9 Å². The lowest BCUT2D eigenvalue weighted by atomic mass is 10.5. The Morgan fingerprint density at radius 3 is 3.18 bits per heavy atom. The van der Waals surface area contributed by atoms with Crippen molar-refractivity contribution in [1.82, 2.24) is 15.0 Å². The van der Waals surface area contributed by atoms with Gasteiger partial charge in [-0.3, -0.25) is 4.98 Å². The maximum Gasteiger partial charge on any atom is 0.226 e. The van der Waals surface area contributed by atoms with Crippen LogP contribution in [0.5, 0.6) is 5.88 Å². The normalized spacial score (nSPS) is 10.2. The molecule has 0 aliphatic carbocycles. The number of nitrogens with one attached hydrogen (secondary N) is 1. The maximum atomic E-state index is 5.43. The van der Waals surface area contributed by atoms with Crippen LogP contribution < -0.4 is 10.1 Å². The van der Waals surface area contributed by atoms with Crippen molar-refractivity contribution in [2.24, 2.45) is 0 Å². The summed E-state index contributed by atoms with van der Waals surface area (Å²) >= 11 is 1.60. The van der Waals surface area contributed by atoms with E-state index in [0.717, 1.165) is 11.3 Å². The van der Waals surface area contributed by atoms with Gasteiger partial charge in [-0.05, 0) is 6.42 Å². The second-order valence-electron chi connectivity index (χ2n) is 3.39. The summed E-state index contributed by atoms with van der Waals surface area (Å²) in [5.41, 5.74) is 1.80. The highest BCUT2D eigenvalue weighted by Crippen LogP contribution is 2.11. The first-order chi connectivity index (χ1) is 8.38. The molecule has 0 unspecified atom stereocenters. The Morgan fingerprint density at radius 2 is 2.41 bits per heavy atom. The summed E-state index contributed by atoms with van der Waals surface area (Å²) in [6, 6.07) is 1.76. The van der Waals surface area contributed by atoms with Gasteiger partial charge in [0.2, 0.25) is 11.8 Å². The first kappa shape index (κ1) is 11.8. The fraction of sp³-hybridized carbons (Fsp3) is 0.364. The van der Waals surface area contributed by atoms with Crippen molar-refractivity contribution in [3.8, 4) is 5.88 Å². The molecule has 0 radical (unpaired) electrons. The second kappa shape index (κ2) is 6.15. The lowest BCUT2D eigenvalue weighted by Gasteiger charge is -2.06. The molecule has 0 aromatic carbocycles. The fourth-order valence-corrected chi connectivity index (χ4v) is 1.74. The highest BCUT2D eigenvalue weighted by molar-refractivity contribution is 7.09. The van der Waals surface area contributed by atoms with Crippen LogP contribution in [0.2, 0.25) is 0 Å². The molecular formula is C11H14N4OS. The number of thiazole rings is 1. The summed E-state index contributed by atoms with van der Waals surface area (Å²) in [6.07, 6.45) is 4.48. The Hall–Kier alpha value is -1.69. The van der Waals surface area contributed by atoms with Gasteiger partial charge >= 0.3 is 0 Å². The van der Waals surface area contributed by atoms with Crippen LogP contribution in [0.15, 0.2) is 24.0 Å². The van der Waals surface area contributed by atoms with E-state index in [0.29, 0.717) is 25.0 Å². The summed E-state index contributed by atoms with van der Waals surface area (Å²) < 4.78 is 5.43. The van der Waals surface area contributed by atoms with Gasteiger partial charge in [0, 0.05) is 23.3 Å². The van der Waals surface area contributed by atoms with Crippen LogP contribution >= 0.6 is 11.3 Å². The van der Waals surface area contributed by atoms with Gasteiger partial charge in [0.05, 0.1) is 18.7 Å². The van der Waals surface area contributed by atoms with Gasteiger partial charge in [0.1, 0.15) is 0 Å². The van der Waals surface area contributed by atoms with E-state index in [-0.39, 0.29) is 0 Å². The van der Waals surface area contributed by atoms with Gasteiger partial charge in [-0.2, -0.15) is 4.98 Å². The molecule has 90 valence electrons. The average molecular weight is 250 g/mol. The third-order valence-electron chi connectivity index (χ3n) is 1.99. The van der Waals surface area contributed by atoms with E-state index in [1.54, 1.807) is 29.1 Å². The molecule has 0 amide bonds. The van der Waals surface area contributed by atoms with E-state index in [1.807, 2.05) is 6.20 Å². The van der Waals surface area contributed by atoms with Gasteiger partial charge < -0.3 is 10.1 Å². The highest BCUT2D eigenvalue weighted by atomic mass is 32.1. The molecule has 2 aromatic rings. The van der Waals surface area contributed by atoms with Gasteiger partial charge in [0.15, 0.2) is 0 Å². The molecule has 2 rings (SSSR count). The van der Waals surface area contributed by atoms with Crippen LogP contribution in [-0.4, -0.2) is 21.6 Å². The van der Waals surface area contributed by atoms with Crippen LogP contribution in [0.25, 0.3) is 0 Å². The summed E-state index contributed by atoms with van der Waals surface area (Å²) in [4.78, 5) is 13.5. The smallest absolute Gasteiger partial charge is 0.226 e. The standard InChI is InChI=1S/C11H14N4OS/c1-2-5-16-10-3-4-13-11(15-10)14-7-9-6-12-8-17-9/h3-4,6,8H,2,5,7H2,1H3,(H,13,14,15). The highest BCUT2D eigenvalue weighted by Gasteiger charge is 2.00. The molecule has 0 saturated carbocycles. The number of nitrogens with zero attached hydrogens (tertiary/aromatic N) is 3. The summed E-state index contributed by atoms with van der Waals surface area (Å²) in [6.45, 7) is 3.41. The topological polar surface area (TPSA) is 59.9 Å². The maximum absolute atomic E-state index is 5.43. The van der Waals surface area contributed by atoms with Crippen LogP contribution in [0.1, 0.15) is 18.2 Å². The molecule has 0 bridgehead atoms. The van der Waals surface area contributed by atoms with Crippen LogP contribution in [-0.2, 0) is 6.54 Å². The van der Waals surface area contributed by atoms with E-state index < -0.39 is 0 Å². The number of hydrogen-bond acceptors (Lipinski definition) is 6. The number of aromatic nitrogens is 3. The Balaban J connectivity index is 1.91. The van der Waals surface area contributed by atoms with Crippen LogP contribution in [0.4, 0.5) is 5.95 Å². The molecule has 0 fully saturated rings. The van der Waals surface area contributed by atoms with Crippen molar-refractivity contribution >= 4 is 17.3 Å². The lowest BCUT2D eigenvalue weighted by Crippen LogP contribution is -2.04. The molecule has 0 aliphatic heterocycles. The Bertz CT molecular complexity index is 446. The van der Waals surface area contributed by atoms with Crippen LogP contribution in [0, 0.1) is 0 Å². The van der Waals surface area contributed by atoms with Crippen molar-refractivity contribution in [3.63, 3.8) is 0 Å². The first-order valence-corrected chi connectivity index (χ1v) is 6.33. The predicted molar refractivity (Wildman–Crippen MR) is 67.3 cm³/mol. The van der Waals surface area contributed by atoms with Crippen molar-refractivity contribution in [1.29, 1.82) is 0 Å². The van der Waals surface area contributed by atoms with Crippen molar-refractivity contribution < 1.29 is 4.74 Å². The van der Waals surface area contributed by atoms with Gasteiger partial charge in [-0.25, -0.2) is 4.98 Å². The zero-order valence-corrected chi connectivity index (χ0v) is 10.4. The van der Waals surface area contributed by atoms with Gasteiger partial charge in [0.25, 0.3) is 0 Å². The minimum atomic E-state index is 0.576. The molecule has 17 heavy (non-hydrogen) atoms. The third kappa shape index (κ3) is 3.67. The van der Waals surface area contributed by atoms with Crippen molar-refractivity contribution in [2.75, 3.05) is 11.9 Å². The Morgan fingerprint density at radius 1 is 1.47 bits per heavy atom. The average Bonchev–Trinajstić information content (AvgIpc) is 2.87. The molecule has 0 atom stereocenters. The number of anilines is 1.